The Labute approximate surface area is 117 Å². The molecule has 0 unspecified atom stereocenters. The van der Waals surface area contributed by atoms with Crippen LogP contribution in [0.25, 0.3) is 0 Å². The van der Waals surface area contributed by atoms with Crippen molar-refractivity contribution in [3.8, 4) is 0 Å². The molecule has 110 valence electrons. The summed E-state index contributed by atoms with van der Waals surface area (Å²) in [4.78, 5) is 16.2. The number of aldehydes is 1. The van der Waals surface area contributed by atoms with Crippen molar-refractivity contribution in [3.63, 3.8) is 0 Å². The lowest BCUT2D eigenvalue weighted by Crippen LogP contribution is -2.58. The molecule has 0 aromatic rings. The first-order valence-electron chi connectivity index (χ1n) is 7.42. The molecule has 0 radical (unpaired) electrons. The molecule has 0 N–H and O–H groups in total. The summed E-state index contributed by atoms with van der Waals surface area (Å²) in [5, 5.41) is 0. The molecule has 0 amide bonds. The van der Waals surface area contributed by atoms with E-state index in [9.17, 15) is 4.79 Å². The fourth-order valence-corrected chi connectivity index (χ4v) is 3.52. The van der Waals surface area contributed by atoms with E-state index in [-0.39, 0.29) is 5.41 Å². The number of hydrogen-bond donors (Lipinski definition) is 0. The van der Waals surface area contributed by atoms with E-state index in [2.05, 4.69) is 30.9 Å². The largest absolute Gasteiger partial charge is 0.381 e. The Morgan fingerprint density at radius 1 is 1.05 bits per heavy atom. The van der Waals surface area contributed by atoms with Crippen LogP contribution in [-0.4, -0.2) is 69.1 Å². The summed E-state index contributed by atoms with van der Waals surface area (Å²) < 4.78 is 5.39. The number of carbonyl (C=O) groups excluding carboxylic acids is 1. The first kappa shape index (κ1) is 14.9. The maximum absolute atomic E-state index is 11.5. The Balaban J connectivity index is 1.92. The zero-order valence-corrected chi connectivity index (χ0v) is 12.7. The number of nitrogens with zero attached hydrogens (tertiary/aromatic N) is 2. The lowest BCUT2D eigenvalue weighted by Gasteiger charge is -2.50. The van der Waals surface area contributed by atoms with Gasteiger partial charge in [0, 0.05) is 37.3 Å². The zero-order valence-electron chi connectivity index (χ0n) is 12.7. The molecule has 2 rings (SSSR count). The van der Waals surface area contributed by atoms with E-state index in [1.807, 2.05) is 0 Å². The maximum Gasteiger partial charge on any atom is 0.127 e. The Hall–Kier alpha value is -0.450. The van der Waals surface area contributed by atoms with Gasteiger partial charge in [0.1, 0.15) is 6.29 Å². The lowest BCUT2D eigenvalue weighted by molar-refractivity contribution is -0.123. The molecule has 0 atom stereocenters. The van der Waals surface area contributed by atoms with E-state index < -0.39 is 0 Å². The molecule has 1 saturated carbocycles. The molecule has 4 nitrogen and oxygen atoms in total. The predicted molar refractivity (Wildman–Crippen MR) is 76.3 cm³/mol. The molecule has 2 fully saturated rings. The summed E-state index contributed by atoms with van der Waals surface area (Å²) in [5.74, 6) is 0. The molecular formula is C15H28N2O2. The summed E-state index contributed by atoms with van der Waals surface area (Å²) >= 11 is 0. The number of ether oxygens (including phenoxy) is 1. The van der Waals surface area contributed by atoms with E-state index >= 15 is 0 Å². The van der Waals surface area contributed by atoms with Crippen LogP contribution >= 0.6 is 0 Å². The molecule has 0 aromatic heterocycles. The van der Waals surface area contributed by atoms with E-state index in [0.717, 1.165) is 39.1 Å². The summed E-state index contributed by atoms with van der Waals surface area (Å²) in [6.45, 7) is 3.39. The Morgan fingerprint density at radius 3 is 2.11 bits per heavy atom. The van der Waals surface area contributed by atoms with Gasteiger partial charge in [-0.05, 0) is 53.2 Å². The van der Waals surface area contributed by atoms with Crippen molar-refractivity contribution in [2.75, 3.05) is 47.4 Å². The predicted octanol–water partition coefficient (Wildman–Crippen LogP) is 1.40. The molecule has 0 spiro atoms. The van der Waals surface area contributed by atoms with Gasteiger partial charge < -0.3 is 19.3 Å². The van der Waals surface area contributed by atoms with Crippen LogP contribution in [0.1, 0.15) is 32.1 Å². The minimum absolute atomic E-state index is 0.176. The van der Waals surface area contributed by atoms with Crippen molar-refractivity contribution in [2.24, 2.45) is 5.41 Å². The Kier molecular flexibility index (Phi) is 4.64. The smallest absolute Gasteiger partial charge is 0.127 e. The van der Waals surface area contributed by atoms with Gasteiger partial charge in [-0.2, -0.15) is 0 Å². The number of likely N-dealkylation sites (N-methyl/N-ethyl adjacent to an activating group) is 2. The minimum Gasteiger partial charge on any atom is -0.381 e. The summed E-state index contributed by atoms with van der Waals surface area (Å²) in [5.41, 5.74) is 0.161. The normalized spacial score (nSPS) is 25.3. The van der Waals surface area contributed by atoms with Crippen LogP contribution in [0.15, 0.2) is 0 Å². The van der Waals surface area contributed by atoms with Crippen LogP contribution in [0.5, 0.6) is 0 Å². The van der Waals surface area contributed by atoms with Crippen LogP contribution in [0.3, 0.4) is 0 Å². The van der Waals surface area contributed by atoms with Gasteiger partial charge in [-0.3, -0.25) is 0 Å². The van der Waals surface area contributed by atoms with Gasteiger partial charge in [-0.25, -0.2) is 0 Å². The fourth-order valence-electron chi connectivity index (χ4n) is 3.52. The summed E-state index contributed by atoms with van der Waals surface area (Å²) in [7, 11) is 6.51. The monoisotopic (exact) mass is 268 g/mol. The third-order valence-electron chi connectivity index (χ3n) is 5.12. The van der Waals surface area contributed by atoms with Crippen molar-refractivity contribution in [2.45, 2.75) is 37.6 Å². The second kappa shape index (κ2) is 5.90. The van der Waals surface area contributed by atoms with Gasteiger partial charge in [0.25, 0.3) is 0 Å². The van der Waals surface area contributed by atoms with Gasteiger partial charge in [-0.1, -0.05) is 0 Å². The van der Waals surface area contributed by atoms with Crippen LogP contribution < -0.4 is 0 Å². The van der Waals surface area contributed by atoms with E-state index in [1.54, 1.807) is 0 Å². The average Bonchev–Trinajstić information content (AvgIpc) is 2.34. The van der Waals surface area contributed by atoms with Crippen LogP contribution in [0.4, 0.5) is 0 Å². The van der Waals surface area contributed by atoms with Crippen LogP contribution in [0.2, 0.25) is 0 Å². The second-order valence-electron chi connectivity index (χ2n) is 6.74. The third kappa shape index (κ3) is 3.18. The molecule has 4 heteroatoms. The van der Waals surface area contributed by atoms with Crippen LogP contribution in [-0.2, 0) is 9.53 Å². The topological polar surface area (TPSA) is 32.8 Å². The van der Waals surface area contributed by atoms with Crippen LogP contribution in [0, 0.1) is 5.41 Å². The third-order valence-corrected chi connectivity index (χ3v) is 5.12. The quantitative estimate of drug-likeness (QED) is 0.682. The van der Waals surface area contributed by atoms with Crippen molar-refractivity contribution >= 4 is 6.29 Å². The molecule has 1 saturated heterocycles. The summed E-state index contributed by atoms with van der Waals surface area (Å²) in [6, 6.07) is 0. The highest BCUT2D eigenvalue weighted by atomic mass is 16.5. The highest BCUT2D eigenvalue weighted by Crippen LogP contribution is 2.37. The number of carbonyl (C=O) groups is 1. The number of hydrogen-bond acceptors (Lipinski definition) is 4. The molecule has 2 aliphatic rings. The maximum atomic E-state index is 11.5. The molecule has 0 aromatic carbocycles. The second-order valence-corrected chi connectivity index (χ2v) is 6.74. The van der Waals surface area contributed by atoms with Crippen molar-refractivity contribution in [1.82, 2.24) is 9.80 Å². The standard InChI is InChI=1S/C15H28N2O2/c1-16(2)15(5-4-6-15)12-17(3)11-14(13-18)7-9-19-10-8-14/h13H,4-12H2,1-3H3. The molecule has 0 bridgehead atoms. The molecule has 1 aliphatic heterocycles. The Morgan fingerprint density at radius 2 is 1.68 bits per heavy atom. The van der Waals surface area contributed by atoms with E-state index in [1.165, 1.54) is 25.5 Å². The van der Waals surface area contributed by atoms with Gasteiger partial charge >= 0.3 is 0 Å². The van der Waals surface area contributed by atoms with E-state index in [0.29, 0.717) is 5.54 Å². The SMILES string of the molecule is CN(CC1(C=O)CCOCC1)CC1(N(C)C)CCC1. The minimum atomic E-state index is -0.176. The van der Waals surface area contributed by atoms with Gasteiger partial charge in [0.15, 0.2) is 0 Å². The first-order chi connectivity index (χ1) is 9.02. The average molecular weight is 268 g/mol. The molecule has 19 heavy (non-hydrogen) atoms. The van der Waals surface area contributed by atoms with Crippen molar-refractivity contribution in [3.05, 3.63) is 0 Å². The van der Waals surface area contributed by atoms with Crippen molar-refractivity contribution in [1.29, 1.82) is 0 Å². The van der Waals surface area contributed by atoms with Crippen molar-refractivity contribution < 1.29 is 9.53 Å². The van der Waals surface area contributed by atoms with Gasteiger partial charge in [0.05, 0.1) is 0 Å². The lowest BCUT2D eigenvalue weighted by atomic mass is 9.74. The van der Waals surface area contributed by atoms with E-state index in [4.69, 9.17) is 4.74 Å². The fraction of sp³-hybridized carbons (Fsp3) is 0.933. The Bertz CT molecular complexity index is 307. The summed E-state index contributed by atoms with van der Waals surface area (Å²) in [6.07, 6.45) is 6.81. The number of rotatable bonds is 6. The van der Waals surface area contributed by atoms with Gasteiger partial charge in [0.2, 0.25) is 0 Å². The molecule has 1 heterocycles. The molecular weight excluding hydrogens is 240 g/mol. The highest BCUT2D eigenvalue weighted by molar-refractivity contribution is 5.60. The first-order valence-corrected chi connectivity index (χ1v) is 7.42. The molecule has 1 aliphatic carbocycles. The van der Waals surface area contributed by atoms with Gasteiger partial charge in [-0.15, -0.1) is 0 Å². The zero-order chi connectivity index (χ0) is 13.9. The highest BCUT2D eigenvalue weighted by Gasteiger charge is 2.41.